The van der Waals surface area contributed by atoms with Gasteiger partial charge in [-0.05, 0) is 36.8 Å². The predicted octanol–water partition coefficient (Wildman–Crippen LogP) is 3.82. The van der Waals surface area contributed by atoms with Crippen molar-refractivity contribution < 1.29 is 19.1 Å². The number of hydrogen-bond acceptors (Lipinski definition) is 5. The number of ether oxygens (including phenoxy) is 2. The maximum Gasteiger partial charge on any atom is 0.410 e. The summed E-state index contributed by atoms with van der Waals surface area (Å²) in [6.07, 6.45) is 2.46. The Hall–Kier alpha value is -3.06. The van der Waals surface area contributed by atoms with Crippen molar-refractivity contribution in [2.75, 3.05) is 13.1 Å². The molecule has 2 aromatic rings. The molecule has 31 heavy (non-hydrogen) atoms. The molecule has 0 aromatic heterocycles. The van der Waals surface area contributed by atoms with Crippen LogP contribution in [0.25, 0.3) is 0 Å². The minimum Gasteiger partial charge on any atom is -0.445 e. The quantitative estimate of drug-likeness (QED) is 0.671. The minimum absolute atomic E-state index is 0.0278. The molecule has 1 aliphatic carbocycles. The van der Waals surface area contributed by atoms with Crippen LogP contribution in [-0.4, -0.2) is 42.3 Å². The van der Waals surface area contributed by atoms with Crippen molar-refractivity contribution in [1.82, 2.24) is 10.2 Å². The monoisotopic (exact) mass is 425 g/mol. The van der Waals surface area contributed by atoms with E-state index < -0.39 is 6.09 Å². The highest BCUT2D eigenvalue weighted by Gasteiger charge is 2.31. The maximum absolute atomic E-state index is 12.7. The van der Waals surface area contributed by atoms with Crippen LogP contribution < -0.4 is 11.1 Å². The molecule has 0 aliphatic heterocycles. The van der Waals surface area contributed by atoms with Crippen molar-refractivity contribution in [3.8, 4) is 0 Å². The lowest BCUT2D eigenvalue weighted by Gasteiger charge is -2.36. The molecule has 3 N–H and O–H groups in total. The maximum atomic E-state index is 12.7. The molecule has 1 aliphatic rings. The first-order valence-corrected chi connectivity index (χ1v) is 10.8. The Bertz CT molecular complexity index is 816. The van der Waals surface area contributed by atoms with Gasteiger partial charge in [-0.25, -0.2) is 9.59 Å². The van der Waals surface area contributed by atoms with Gasteiger partial charge in [-0.15, -0.1) is 0 Å². The van der Waals surface area contributed by atoms with E-state index in [-0.39, 0.29) is 31.4 Å². The summed E-state index contributed by atoms with van der Waals surface area (Å²) >= 11 is 0. The first-order chi connectivity index (χ1) is 15.2. The average Bonchev–Trinajstić information content (AvgIpc) is 2.81. The second-order valence-corrected chi connectivity index (χ2v) is 7.75. The number of benzene rings is 2. The van der Waals surface area contributed by atoms with Crippen LogP contribution in [0.15, 0.2) is 60.7 Å². The number of hydrogen-bond donors (Lipinski definition) is 2. The molecule has 0 radical (unpaired) electrons. The third-order valence-electron chi connectivity index (χ3n) is 5.43. The van der Waals surface area contributed by atoms with Gasteiger partial charge in [0.05, 0.1) is 0 Å². The smallest absolute Gasteiger partial charge is 0.410 e. The number of alkyl carbamates (subject to hydrolysis) is 1. The zero-order chi connectivity index (χ0) is 21.9. The lowest BCUT2D eigenvalue weighted by Crippen LogP contribution is -2.49. The van der Waals surface area contributed by atoms with Gasteiger partial charge in [0.2, 0.25) is 0 Å². The summed E-state index contributed by atoms with van der Waals surface area (Å²) in [4.78, 5) is 26.7. The fourth-order valence-electron chi connectivity index (χ4n) is 3.87. The Kier molecular flexibility index (Phi) is 8.72. The topological polar surface area (TPSA) is 93.9 Å². The van der Waals surface area contributed by atoms with E-state index in [0.29, 0.717) is 19.5 Å². The van der Waals surface area contributed by atoms with E-state index in [1.165, 1.54) is 0 Å². The van der Waals surface area contributed by atoms with Crippen LogP contribution >= 0.6 is 0 Å². The molecule has 0 spiro atoms. The minimum atomic E-state index is -0.438. The lowest BCUT2D eigenvalue weighted by atomic mass is 9.90. The van der Waals surface area contributed by atoms with Gasteiger partial charge in [-0.3, -0.25) is 0 Å². The third-order valence-corrected chi connectivity index (χ3v) is 5.43. The number of carbonyl (C=O) groups is 2. The first-order valence-electron chi connectivity index (χ1n) is 10.8. The SMILES string of the molecule is NCCN(C(=O)OCc1ccccc1)C1CCCC(NC(=O)OCc2ccccc2)C1. The van der Waals surface area contributed by atoms with Crippen molar-refractivity contribution in [2.24, 2.45) is 5.73 Å². The molecular weight excluding hydrogens is 394 g/mol. The van der Waals surface area contributed by atoms with Crippen molar-refractivity contribution in [3.05, 3.63) is 71.8 Å². The lowest BCUT2D eigenvalue weighted by molar-refractivity contribution is 0.0685. The standard InChI is InChI=1S/C24H31N3O4/c25-14-15-27(24(29)31-18-20-10-5-2-6-11-20)22-13-7-12-21(16-22)26-23(28)30-17-19-8-3-1-4-9-19/h1-6,8-11,21-22H,7,12-18,25H2,(H,26,28). The van der Waals surface area contributed by atoms with Crippen LogP contribution in [-0.2, 0) is 22.7 Å². The first kappa shape index (κ1) is 22.6. The van der Waals surface area contributed by atoms with Gasteiger partial charge in [0, 0.05) is 25.2 Å². The van der Waals surface area contributed by atoms with E-state index in [4.69, 9.17) is 15.2 Å². The Labute approximate surface area is 183 Å². The van der Waals surface area contributed by atoms with E-state index in [9.17, 15) is 9.59 Å². The molecule has 2 amide bonds. The van der Waals surface area contributed by atoms with Gasteiger partial charge in [0.1, 0.15) is 13.2 Å². The molecule has 2 unspecified atom stereocenters. The molecule has 0 heterocycles. The van der Waals surface area contributed by atoms with Crippen LogP contribution in [0.3, 0.4) is 0 Å². The molecule has 166 valence electrons. The number of nitrogens with one attached hydrogen (secondary N) is 1. The highest BCUT2D eigenvalue weighted by molar-refractivity contribution is 5.69. The Morgan fingerprint density at radius 3 is 2.16 bits per heavy atom. The van der Waals surface area contributed by atoms with Gasteiger partial charge in [-0.2, -0.15) is 0 Å². The number of nitrogens with two attached hydrogens (primary N) is 1. The third kappa shape index (κ3) is 7.29. The summed E-state index contributed by atoms with van der Waals surface area (Å²) in [5.74, 6) is 0. The number of rotatable bonds is 8. The van der Waals surface area contributed by atoms with E-state index in [2.05, 4.69) is 5.32 Å². The summed E-state index contributed by atoms with van der Waals surface area (Å²) in [5, 5.41) is 2.94. The van der Waals surface area contributed by atoms with E-state index in [1.807, 2.05) is 60.7 Å². The molecular formula is C24H31N3O4. The Morgan fingerprint density at radius 2 is 1.55 bits per heavy atom. The molecule has 7 nitrogen and oxygen atoms in total. The molecule has 0 saturated heterocycles. The van der Waals surface area contributed by atoms with Gasteiger partial charge in [-0.1, -0.05) is 60.7 Å². The Balaban J connectivity index is 1.49. The van der Waals surface area contributed by atoms with Crippen LogP contribution in [0.5, 0.6) is 0 Å². The highest BCUT2D eigenvalue weighted by atomic mass is 16.6. The van der Waals surface area contributed by atoms with Crippen LogP contribution in [0.1, 0.15) is 36.8 Å². The van der Waals surface area contributed by atoms with Crippen molar-refractivity contribution >= 4 is 12.2 Å². The highest BCUT2D eigenvalue weighted by Crippen LogP contribution is 2.24. The number of nitrogens with zero attached hydrogens (tertiary/aromatic N) is 1. The van der Waals surface area contributed by atoms with Crippen molar-refractivity contribution in [2.45, 2.75) is 51.0 Å². The van der Waals surface area contributed by atoms with Crippen molar-refractivity contribution in [1.29, 1.82) is 0 Å². The van der Waals surface area contributed by atoms with Gasteiger partial charge >= 0.3 is 12.2 Å². The van der Waals surface area contributed by atoms with Crippen LogP contribution in [0.4, 0.5) is 9.59 Å². The molecule has 1 fully saturated rings. The number of carbonyl (C=O) groups excluding carboxylic acids is 2. The fourth-order valence-corrected chi connectivity index (χ4v) is 3.87. The normalized spacial score (nSPS) is 18.1. The summed E-state index contributed by atoms with van der Waals surface area (Å²) in [6, 6.07) is 19.1. The zero-order valence-electron chi connectivity index (χ0n) is 17.7. The van der Waals surface area contributed by atoms with Gasteiger partial charge < -0.3 is 25.4 Å². The van der Waals surface area contributed by atoms with Crippen LogP contribution in [0, 0.1) is 0 Å². The summed E-state index contributed by atoms with van der Waals surface area (Å²) < 4.78 is 10.9. The molecule has 1 saturated carbocycles. The largest absolute Gasteiger partial charge is 0.445 e. The predicted molar refractivity (Wildman–Crippen MR) is 118 cm³/mol. The molecule has 0 bridgehead atoms. The molecule has 3 rings (SSSR count). The van der Waals surface area contributed by atoms with Crippen molar-refractivity contribution in [3.63, 3.8) is 0 Å². The number of amides is 2. The summed E-state index contributed by atoms with van der Waals surface area (Å²) in [5.41, 5.74) is 7.63. The van der Waals surface area contributed by atoms with Crippen LogP contribution in [0.2, 0.25) is 0 Å². The van der Waals surface area contributed by atoms with E-state index in [1.54, 1.807) is 4.90 Å². The fraction of sp³-hybridized carbons (Fsp3) is 0.417. The van der Waals surface area contributed by atoms with E-state index >= 15 is 0 Å². The van der Waals surface area contributed by atoms with E-state index in [0.717, 1.165) is 30.4 Å². The Morgan fingerprint density at radius 1 is 0.935 bits per heavy atom. The molecule has 2 atom stereocenters. The van der Waals surface area contributed by atoms with Gasteiger partial charge in [0.15, 0.2) is 0 Å². The second-order valence-electron chi connectivity index (χ2n) is 7.75. The summed E-state index contributed by atoms with van der Waals surface area (Å²) in [6.45, 7) is 1.23. The zero-order valence-corrected chi connectivity index (χ0v) is 17.7. The summed E-state index contributed by atoms with van der Waals surface area (Å²) in [7, 11) is 0. The van der Waals surface area contributed by atoms with Gasteiger partial charge in [0.25, 0.3) is 0 Å². The second kappa shape index (κ2) is 12.0. The molecule has 7 heteroatoms. The molecule has 2 aromatic carbocycles. The average molecular weight is 426 g/mol.